The van der Waals surface area contributed by atoms with Gasteiger partial charge in [0.2, 0.25) is 5.95 Å². The number of piperazine rings is 1. The van der Waals surface area contributed by atoms with Crippen molar-refractivity contribution in [3.8, 4) is 0 Å². The molecule has 32 heavy (non-hydrogen) atoms. The number of piperidine rings is 1. The molecule has 1 aromatic heterocycles. The van der Waals surface area contributed by atoms with E-state index in [1.807, 2.05) is 19.2 Å². The number of benzene rings is 1. The highest BCUT2D eigenvalue weighted by Gasteiger charge is 2.31. The van der Waals surface area contributed by atoms with Crippen LogP contribution in [0.4, 0.5) is 5.95 Å². The molecule has 2 atom stereocenters. The van der Waals surface area contributed by atoms with Gasteiger partial charge in [0.05, 0.1) is 0 Å². The van der Waals surface area contributed by atoms with Crippen LogP contribution in [0.1, 0.15) is 24.4 Å². The van der Waals surface area contributed by atoms with Gasteiger partial charge in [0.15, 0.2) is 5.96 Å². The van der Waals surface area contributed by atoms with Crippen LogP contribution in [-0.4, -0.2) is 79.1 Å². The second kappa shape index (κ2) is 12.0. The Morgan fingerprint density at radius 3 is 2.56 bits per heavy atom. The van der Waals surface area contributed by atoms with E-state index in [0.717, 1.165) is 56.2 Å². The smallest absolute Gasteiger partial charge is 0.225 e. The van der Waals surface area contributed by atoms with Crippen LogP contribution in [-0.2, 0) is 0 Å². The average molecular weight is 570 g/mol. The number of halogens is 2. The summed E-state index contributed by atoms with van der Waals surface area (Å²) in [6, 6.07) is 10.5. The Hall–Kier alpha value is -1.65. The van der Waals surface area contributed by atoms with Gasteiger partial charge in [0.25, 0.3) is 0 Å². The lowest BCUT2D eigenvalue weighted by Crippen LogP contribution is -2.54. The summed E-state index contributed by atoms with van der Waals surface area (Å²) in [5.74, 6) is 2.29. The summed E-state index contributed by atoms with van der Waals surface area (Å²) < 4.78 is 0. The van der Waals surface area contributed by atoms with Crippen LogP contribution < -0.4 is 10.2 Å². The van der Waals surface area contributed by atoms with E-state index in [9.17, 15) is 0 Å². The third kappa shape index (κ3) is 6.02. The average Bonchev–Trinajstić information content (AvgIpc) is 2.80. The summed E-state index contributed by atoms with van der Waals surface area (Å²) in [5.41, 5.74) is 1.30. The van der Waals surface area contributed by atoms with Crippen molar-refractivity contribution in [2.75, 3.05) is 58.3 Å². The molecule has 0 bridgehead atoms. The number of nitrogens with one attached hydrogen (secondary N) is 1. The summed E-state index contributed by atoms with van der Waals surface area (Å²) in [5, 5.41) is 4.47. The van der Waals surface area contributed by atoms with Crippen molar-refractivity contribution in [1.29, 1.82) is 0 Å². The largest absolute Gasteiger partial charge is 0.356 e. The quantitative estimate of drug-likeness (QED) is 0.346. The highest BCUT2D eigenvalue weighted by Crippen LogP contribution is 2.35. The summed E-state index contributed by atoms with van der Waals surface area (Å²) in [7, 11) is 4.09. The van der Waals surface area contributed by atoms with Crippen molar-refractivity contribution in [3.05, 3.63) is 53.3 Å². The third-order valence-electron chi connectivity index (χ3n) is 6.35. The van der Waals surface area contributed by atoms with Gasteiger partial charge in [0.1, 0.15) is 0 Å². The zero-order valence-electron chi connectivity index (χ0n) is 18.8. The SMILES string of the molecule is CN=C(NCC1CCCN(C)C1c1cccc(Cl)c1)N1CCN(c2ncccn2)CC1.I. The number of hydrogen-bond acceptors (Lipinski definition) is 5. The standard InChI is InChI=1S/C23H32ClN7.HI/c1-25-22(30-12-14-31(15-13-30)23-26-9-5-10-27-23)28-17-19-7-4-11-29(2)21(19)18-6-3-8-20(24)16-18;/h3,5-6,8-10,16,19,21H,4,7,11-15,17H2,1-2H3,(H,25,28);1H. The first-order valence-corrected chi connectivity index (χ1v) is 11.5. The molecule has 0 spiro atoms. The van der Waals surface area contributed by atoms with Gasteiger partial charge in [-0.1, -0.05) is 23.7 Å². The third-order valence-corrected chi connectivity index (χ3v) is 6.58. The van der Waals surface area contributed by atoms with Gasteiger partial charge >= 0.3 is 0 Å². The lowest BCUT2D eigenvalue weighted by atomic mass is 9.85. The molecule has 0 radical (unpaired) electrons. The van der Waals surface area contributed by atoms with Crippen LogP contribution in [0.25, 0.3) is 0 Å². The molecule has 0 saturated carbocycles. The van der Waals surface area contributed by atoms with Crippen LogP contribution >= 0.6 is 35.6 Å². The molecule has 174 valence electrons. The fourth-order valence-electron chi connectivity index (χ4n) is 4.82. The number of aromatic nitrogens is 2. The molecule has 7 nitrogen and oxygen atoms in total. The van der Waals surface area contributed by atoms with E-state index in [1.165, 1.54) is 18.4 Å². The van der Waals surface area contributed by atoms with Crippen LogP contribution in [0, 0.1) is 5.92 Å². The highest BCUT2D eigenvalue weighted by molar-refractivity contribution is 14.0. The molecule has 4 rings (SSSR count). The molecule has 0 amide bonds. The minimum atomic E-state index is 0. The van der Waals surface area contributed by atoms with Gasteiger partial charge < -0.3 is 15.1 Å². The molecule has 2 fully saturated rings. The number of anilines is 1. The Morgan fingerprint density at radius 1 is 1.12 bits per heavy atom. The summed E-state index contributed by atoms with van der Waals surface area (Å²) in [6.45, 7) is 5.60. The maximum absolute atomic E-state index is 6.29. The van der Waals surface area contributed by atoms with Gasteiger partial charge in [-0.15, -0.1) is 24.0 Å². The minimum absolute atomic E-state index is 0. The number of rotatable bonds is 4. The van der Waals surface area contributed by atoms with Crippen molar-refractivity contribution >= 4 is 47.5 Å². The molecule has 0 aliphatic carbocycles. The van der Waals surface area contributed by atoms with E-state index in [1.54, 1.807) is 12.4 Å². The second-order valence-electron chi connectivity index (χ2n) is 8.33. The first kappa shape index (κ1) is 25.0. The molecule has 2 aromatic rings. The molecule has 2 saturated heterocycles. The molecule has 2 aliphatic heterocycles. The van der Waals surface area contributed by atoms with E-state index in [-0.39, 0.29) is 24.0 Å². The number of hydrogen-bond donors (Lipinski definition) is 1. The molecule has 1 aromatic carbocycles. The molecule has 1 N–H and O–H groups in total. The molecular weight excluding hydrogens is 537 g/mol. The monoisotopic (exact) mass is 569 g/mol. The summed E-state index contributed by atoms with van der Waals surface area (Å²) >= 11 is 6.29. The van der Waals surface area contributed by atoms with Gasteiger partial charge in [-0.2, -0.15) is 0 Å². The lowest BCUT2D eigenvalue weighted by Gasteiger charge is -2.41. The van der Waals surface area contributed by atoms with Crippen LogP contribution in [0.15, 0.2) is 47.7 Å². The molecule has 2 aliphatic rings. The molecule has 9 heteroatoms. The lowest BCUT2D eigenvalue weighted by molar-refractivity contribution is 0.122. The van der Waals surface area contributed by atoms with E-state index >= 15 is 0 Å². The van der Waals surface area contributed by atoms with Crippen molar-refractivity contribution in [3.63, 3.8) is 0 Å². The van der Waals surface area contributed by atoms with Crippen molar-refractivity contribution in [1.82, 2.24) is 25.1 Å². The Kier molecular flexibility index (Phi) is 9.36. The van der Waals surface area contributed by atoms with E-state index in [4.69, 9.17) is 11.6 Å². The fraction of sp³-hybridized carbons (Fsp3) is 0.522. The van der Waals surface area contributed by atoms with Crippen LogP contribution in [0.2, 0.25) is 5.02 Å². The predicted molar refractivity (Wildman–Crippen MR) is 142 cm³/mol. The Bertz CT molecular complexity index is 874. The maximum atomic E-state index is 6.29. The van der Waals surface area contributed by atoms with Gasteiger partial charge in [-0.05, 0) is 56.1 Å². The Labute approximate surface area is 213 Å². The first-order valence-electron chi connectivity index (χ1n) is 11.1. The number of likely N-dealkylation sites (tertiary alicyclic amines) is 1. The van der Waals surface area contributed by atoms with Crippen LogP contribution in [0.3, 0.4) is 0 Å². The van der Waals surface area contributed by atoms with Gasteiger partial charge in [0, 0.05) is 63.2 Å². The summed E-state index contributed by atoms with van der Waals surface area (Å²) in [4.78, 5) is 20.4. The zero-order valence-corrected chi connectivity index (χ0v) is 21.9. The number of nitrogens with zero attached hydrogens (tertiary/aromatic N) is 6. The topological polar surface area (TPSA) is 59.9 Å². The van der Waals surface area contributed by atoms with Crippen molar-refractivity contribution in [2.24, 2.45) is 10.9 Å². The summed E-state index contributed by atoms with van der Waals surface area (Å²) in [6.07, 6.45) is 6.01. The highest BCUT2D eigenvalue weighted by atomic mass is 127. The van der Waals surface area contributed by atoms with Crippen molar-refractivity contribution < 1.29 is 0 Å². The van der Waals surface area contributed by atoms with Crippen molar-refractivity contribution in [2.45, 2.75) is 18.9 Å². The fourth-order valence-corrected chi connectivity index (χ4v) is 5.02. The first-order chi connectivity index (χ1) is 15.2. The van der Waals surface area contributed by atoms with E-state index in [2.05, 4.69) is 60.2 Å². The van der Waals surface area contributed by atoms with Gasteiger partial charge in [-0.3, -0.25) is 9.89 Å². The Balaban J connectivity index is 0.00000289. The minimum Gasteiger partial charge on any atom is -0.356 e. The van der Waals surface area contributed by atoms with E-state index < -0.39 is 0 Å². The normalized spacial score (nSPS) is 22.4. The van der Waals surface area contributed by atoms with Crippen LogP contribution in [0.5, 0.6) is 0 Å². The molecule has 2 unspecified atom stereocenters. The Morgan fingerprint density at radius 2 is 1.88 bits per heavy atom. The van der Waals surface area contributed by atoms with Gasteiger partial charge in [-0.25, -0.2) is 9.97 Å². The number of guanidine groups is 1. The molecular formula is C23H33ClIN7. The predicted octanol–water partition coefficient (Wildman–Crippen LogP) is 3.53. The molecule has 3 heterocycles. The van der Waals surface area contributed by atoms with E-state index in [0.29, 0.717) is 12.0 Å². The number of aliphatic imine (C=N–C) groups is 1. The maximum Gasteiger partial charge on any atom is 0.225 e. The second-order valence-corrected chi connectivity index (χ2v) is 8.77. The zero-order chi connectivity index (χ0) is 21.6.